The Hall–Kier alpha value is -2.08. The minimum absolute atomic E-state index is 0.209. The van der Waals surface area contributed by atoms with Crippen LogP contribution in [-0.2, 0) is 4.74 Å². The van der Waals surface area contributed by atoms with E-state index in [9.17, 15) is 4.79 Å². The van der Waals surface area contributed by atoms with Crippen LogP contribution in [0.3, 0.4) is 0 Å². The van der Waals surface area contributed by atoms with Crippen LogP contribution in [0, 0.1) is 0 Å². The summed E-state index contributed by atoms with van der Waals surface area (Å²) in [5.74, 6) is -0.500. The summed E-state index contributed by atoms with van der Waals surface area (Å²) in [7, 11) is 0. The first-order chi connectivity index (χ1) is 9.54. The molecule has 3 rings (SSSR count). The van der Waals surface area contributed by atoms with Crippen LogP contribution in [0.5, 0.6) is 0 Å². The van der Waals surface area contributed by atoms with Gasteiger partial charge in [-0.1, -0.05) is 6.07 Å². The standard InChI is InChI=1S/C14H17N3O3/c1-8(2)19-9-6-17(7-9)14-16-12-10(13(15)18)4-3-5-11(12)20-14/h3-5,8-9H,6-7H2,1-2H3,(H2,15,18). The fourth-order valence-electron chi connectivity index (χ4n) is 2.34. The number of carbonyl (C=O) groups excluding carboxylic acids is 1. The number of para-hydroxylation sites is 1. The predicted molar refractivity (Wildman–Crippen MR) is 74.7 cm³/mol. The van der Waals surface area contributed by atoms with E-state index in [-0.39, 0.29) is 12.2 Å². The quantitative estimate of drug-likeness (QED) is 0.915. The summed E-state index contributed by atoms with van der Waals surface area (Å²) in [5, 5.41) is 0. The van der Waals surface area contributed by atoms with Crippen molar-refractivity contribution in [3.05, 3.63) is 23.8 Å². The molecule has 1 aromatic heterocycles. The number of ether oxygens (including phenoxy) is 1. The molecule has 6 nitrogen and oxygen atoms in total. The molecule has 2 aromatic rings. The lowest BCUT2D eigenvalue weighted by Gasteiger charge is -2.38. The van der Waals surface area contributed by atoms with Gasteiger partial charge in [0.05, 0.1) is 30.9 Å². The highest BCUT2D eigenvalue weighted by Gasteiger charge is 2.31. The monoisotopic (exact) mass is 275 g/mol. The van der Waals surface area contributed by atoms with Crippen LogP contribution >= 0.6 is 0 Å². The van der Waals surface area contributed by atoms with Crippen molar-refractivity contribution in [3.8, 4) is 0 Å². The fourth-order valence-corrected chi connectivity index (χ4v) is 2.34. The van der Waals surface area contributed by atoms with Crippen molar-refractivity contribution in [1.29, 1.82) is 0 Å². The van der Waals surface area contributed by atoms with Gasteiger partial charge < -0.3 is 19.8 Å². The van der Waals surface area contributed by atoms with Gasteiger partial charge in [0, 0.05) is 0 Å². The number of amides is 1. The van der Waals surface area contributed by atoms with Gasteiger partial charge in [0.2, 0.25) is 0 Å². The van der Waals surface area contributed by atoms with Gasteiger partial charge in [-0.25, -0.2) is 0 Å². The molecule has 0 spiro atoms. The first kappa shape index (κ1) is 12.9. The third-order valence-corrected chi connectivity index (χ3v) is 3.26. The highest BCUT2D eigenvalue weighted by molar-refractivity contribution is 6.03. The Morgan fingerprint density at radius 2 is 2.25 bits per heavy atom. The molecular formula is C14H17N3O3. The number of hydrogen-bond acceptors (Lipinski definition) is 5. The largest absolute Gasteiger partial charge is 0.423 e. The van der Waals surface area contributed by atoms with Gasteiger partial charge in [-0.15, -0.1) is 0 Å². The van der Waals surface area contributed by atoms with Crippen molar-refractivity contribution in [3.63, 3.8) is 0 Å². The van der Waals surface area contributed by atoms with Gasteiger partial charge in [-0.05, 0) is 26.0 Å². The number of fused-ring (bicyclic) bond motifs is 1. The Kier molecular flexibility index (Phi) is 3.10. The Balaban J connectivity index is 1.81. The van der Waals surface area contributed by atoms with Crippen molar-refractivity contribution in [2.45, 2.75) is 26.1 Å². The zero-order valence-electron chi connectivity index (χ0n) is 11.5. The maximum atomic E-state index is 11.4. The van der Waals surface area contributed by atoms with Crippen LogP contribution in [-0.4, -0.2) is 36.2 Å². The molecule has 1 aliphatic heterocycles. The number of benzene rings is 1. The van der Waals surface area contributed by atoms with Gasteiger partial charge in [0.25, 0.3) is 11.9 Å². The van der Waals surface area contributed by atoms with Crippen LogP contribution in [0.25, 0.3) is 11.1 Å². The summed E-state index contributed by atoms with van der Waals surface area (Å²) in [6.07, 6.45) is 0.424. The van der Waals surface area contributed by atoms with Crippen LogP contribution in [0.1, 0.15) is 24.2 Å². The molecule has 0 bridgehead atoms. The summed E-state index contributed by atoms with van der Waals surface area (Å²) in [5.41, 5.74) is 6.81. The van der Waals surface area contributed by atoms with Crippen LogP contribution in [0.4, 0.5) is 6.01 Å². The van der Waals surface area contributed by atoms with Crippen molar-refractivity contribution < 1.29 is 13.9 Å². The summed E-state index contributed by atoms with van der Waals surface area (Å²) < 4.78 is 11.4. The van der Waals surface area contributed by atoms with Gasteiger partial charge >= 0.3 is 0 Å². The van der Waals surface area contributed by atoms with Crippen LogP contribution in [0.2, 0.25) is 0 Å². The second-order valence-corrected chi connectivity index (χ2v) is 5.22. The number of hydrogen-bond donors (Lipinski definition) is 1. The van der Waals surface area contributed by atoms with Gasteiger partial charge in [-0.3, -0.25) is 4.79 Å². The molecular weight excluding hydrogens is 258 g/mol. The van der Waals surface area contributed by atoms with E-state index in [1.165, 1.54) is 0 Å². The molecule has 20 heavy (non-hydrogen) atoms. The van der Waals surface area contributed by atoms with E-state index < -0.39 is 5.91 Å². The molecule has 0 atom stereocenters. The number of nitrogens with two attached hydrogens (primary N) is 1. The van der Waals surface area contributed by atoms with Gasteiger partial charge in [-0.2, -0.15) is 4.98 Å². The first-order valence-corrected chi connectivity index (χ1v) is 6.64. The van der Waals surface area contributed by atoms with E-state index in [4.69, 9.17) is 14.9 Å². The van der Waals surface area contributed by atoms with Gasteiger partial charge in [0.15, 0.2) is 5.58 Å². The number of carbonyl (C=O) groups is 1. The molecule has 1 fully saturated rings. The third-order valence-electron chi connectivity index (χ3n) is 3.26. The first-order valence-electron chi connectivity index (χ1n) is 6.64. The van der Waals surface area contributed by atoms with Crippen molar-refractivity contribution in [2.75, 3.05) is 18.0 Å². The van der Waals surface area contributed by atoms with E-state index >= 15 is 0 Å². The number of oxazole rings is 1. The van der Waals surface area contributed by atoms with E-state index in [2.05, 4.69) is 4.98 Å². The second kappa shape index (κ2) is 4.79. The molecule has 1 amide bonds. The average Bonchev–Trinajstić information content (AvgIpc) is 2.75. The summed E-state index contributed by atoms with van der Waals surface area (Å²) >= 11 is 0. The fraction of sp³-hybridized carbons (Fsp3) is 0.429. The van der Waals surface area contributed by atoms with Gasteiger partial charge in [0.1, 0.15) is 5.52 Å². The van der Waals surface area contributed by atoms with E-state index in [0.29, 0.717) is 22.7 Å². The maximum Gasteiger partial charge on any atom is 0.298 e. The summed E-state index contributed by atoms with van der Waals surface area (Å²) in [6.45, 7) is 5.52. The zero-order chi connectivity index (χ0) is 14.3. The van der Waals surface area contributed by atoms with Crippen LogP contribution in [0.15, 0.2) is 22.6 Å². The average molecular weight is 275 g/mol. The summed E-state index contributed by atoms with van der Waals surface area (Å²) in [6, 6.07) is 5.67. The number of anilines is 1. The lowest BCUT2D eigenvalue weighted by Crippen LogP contribution is -2.53. The normalized spacial score (nSPS) is 15.8. The molecule has 6 heteroatoms. The third kappa shape index (κ3) is 2.22. The molecule has 0 aliphatic carbocycles. The highest BCUT2D eigenvalue weighted by Crippen LogP contribution is 2.28. The molecule has 0 radical (unpaired) electrons. The SMILES string of the molecule is CC(C)OC1CN(c2nc3c(C(N)=O)cccc3o2)C1. The smallest absolute Gasteiger partial charge is 0.298 e. The molecule has 1 saturated heterocycles. The number of nitrogens with zero attached hydrogens (tertiary/aromatic N) is 2. The molecule has 0 saturated carbocycles. The van der Waals surface area contributed by atoms with Crippen LogP contribution < -0.4 is 10.6 Å². The van der Waals surface area contributed by atoms with E-state index in [1.54, 1.807) is 18.2 Å². The Morgan fingerprint density at radius 3 is 2.90 bits per heavy atom. The molecule has 1 aromatic carbocycles. The van der Waals surface area contributed by atoms with Crippen molar-refractivity contribution >= 4 is 23.0 Å². The lowest BCUT2D eigenvalue weighted by molar-refractivity contribution is -0.00874. The highest BCUT2D eigenvalue weighted by atomic mass is 16.5. The Labute approximate surface area is 116 Å². The minimum atomic E-state index is -0.500. The number of rotatable bonds is 4. The molecule has 0 unspecified atom stereocenters. The number of primary amides is 1. The molecule has 2 heterocycles. The maximum absolute atomic E-state index is 11.4. The van der Waals surface area contributed by atoms with E-state index in [0.717, 1.165) is 13.1 Å². The van der Waals surface area contributed by atoms with Crippen molar-refractivity contribution in [2.24, 2.45) is 5.73 Å². The lowest BCUT2D eigenvalue weighted by atomic mass is 10.2. The predicted octanol–water partition coefficient (Wildman–Crippen LogP) is 1.54. The molecule has 106 valence electrons. The zero-order valence-corrected chi connectivity index (χ0v) is 11.5. The topological polar surface area (TPSA) is 81.6 Å². The minimum Gasteiger partial charge on any atom is -0.423 e. The van der Waals surface area contributed by atoms with E-state index in [1.807, 2.05) is 18.7 Å². The molecule has 2 N–H and O–H groups in total. The number of aromatic nitrogens is 1. The second-order valence-electron chi connectivity index (χ2n) is 5.22. The summed E-state index contributed by atoms with van der Waals surface area (Å²) in [4.78, 5) is 17.7. The Bertz CT molecular complexity index is 644. The molecule has 1 aliphatic rings. The Morgan fingerprint density at radius 1 is 1.50 bits per heavy atom. The van der Waals surface area contributed by atoms with Crippen molar-refractivity contribution in [1.82, 2.24) is 4.98 Å².